The van der Waals surface area contributed by atoms with Crippen molar-refractivity contribution < 1.29 is 4.74 Å². The Kier molecular flexibility index (Phi) is 26.3. The summed E-state index contributed by atoms with van der Waals surface area (Å²) in [5.74, 6) is 0. The molecule has 0 aromatic carbocycles. The average Bonchev–Trinajstić information content (AvgIpc) is 2.29. The molecule has 0 aromatic heterocycles. The molecule has 0 N–H and O–H groups in total. The van der Waals surface area contributed by atoms with Crippen LogP contribution in [0.5, 0.6) is 0 Å². The Morgan fingerprint density at radius 3 is 1.60 bits per heavy atom. The minimum atomic E-state index is 0.823. The first-order valence-electron chi connectivity index (χ1n) is 5.99. The van der Waals surface area contributed by atoms with Crippen molar-refractivity contribution >= 4 is 0 Å². The molecule has 0 fully saturated rings. The zero-order valence-corrected chi connectivity index (χ0v) is 12.1. The monoisotopic (exact) mass is 220 g/mol. The maximum atomic E-state index is 4.96. The minimum Gasteiger partial charge on any atom is -0.383 e. The number of hydrogen-bond donors (Lipinski definition) is 0. The van der Waals surface area contributed by atoms with Crippen LogP contribution in [0, 0.1) is 0 Å². The molecular formula is C12H32N2O. The maximum Gasteiger partial charge on any atom is 0.0589 e. The van der Waals surface area contributed by atoms with Crippen LogP contribution < -0.4 is 0 Å². The Labute approximate surface area is 97.4 Å². The van der Waals surface area contributed by atoms with Gasteiger partial charge in [0, 0.05) is 26.7 Å². The van der Waals surface area contributed by atoms with E-state index in [4.69, 9.17) is 4.74 Å². The molecule has 0 saturated heterocycles. The van der Waals surface area contributed by atoms with Gasteiger partial charge in [-0.3, -0.25) is 0 Å². The molecule has 0 aliphatic carbocycles. The molecule has 0 spiro atoms. The molecule has 0 amide bonds. The molecule has 0 radical (unpaired) electrons. The number of hydrogen-bond acceptors (Lipinski definition) is 3. The standard InChI is InChI=1S/C8H20N2O.2C2H6/c1-9(2)5-6-10(3)7-8-11-4;2*1-2/h5-8H2,1-4H3;2*1-2H3. The van der Waals surface area contributed by atoms with Gasteiger partial charge in [-0.05, 0) is 21.1 Å². The molecule has 0 saturated carbocycles. The van der Waals surface area contributed by atoms with E-state index >= 15 is 0 Å². The van der Waals surface area contributed by atoms with Gasteiger partial charge < -0.3 is 14.5 Å². The summed E-state index contributed by atoms with van der Waals surface area (Å²) in [6.07, 6.45) is 0. The van der Waals surface area contributed by atoms with Crippen molar-refractivity contribution in [1.29, 1.82) is 0 Å². The fourth-order valence-electron chi connectivity index (χ4n) is 0.730. The zero-order valence-electron chi connectivity index (χ0n) is 12.1. The van der Waals surface area contributed by atoms with E-state index in [0.717, 1.165) is 26.2 Å². The second-order valence-electron chi connectivity index (χ2n) is 3.10. The predicted octanol–water partition coefficient (Wildman–Crippen LogP) is 2.18. The Hall–Kier alpha value is -0.120. The van der Waals surface area contributed by atoms with Gasteiger partial charge in [-0.1, -0.05) is 27.7 Å². The average molecular weight is 220 g/mol. The summed E-state index contributed by atoms with van der Waals surface area (Å²) in [5.41, 5.74) is 0. The van der Waals surface area contributed by atoms with Crippen LogP contribution in [0.15, 0.2) is 0 Å². The number of ether oxygens (including phenoxy) is 1. The first-order valence-corrected chi connectivity index (χ1v) is 5.99. The second kappa shape index (κ2) is 19.5. The minimum absolute atomic E-state index is 0.823. The molecule has 3 nitrogen and oxygen atoms in total. The molecule has 0 unspecified atom stereocenters. The molecule has 96 valence electrons. The third-order valence-electron chi connectivity index (χ3n) is 1.61. The first-order chi connectivity index (χ1) is 7.16. The van der Waals surface area contributed by atoms with Crippen LogP contribution >= 0.6 is 0 Å². The second-order valence-corrected chi connectivity index (χ2v) is 3.10. The van der Waals surface area contributed by atoms with E-state index in [1.807, 2.05) is 27.7 Å². The van der Waals surface area contributed by atoms with Crippen molar-refractivity contribution in [2.24, 2.45) is 0 Å². The topological polar surface area (TPSA) is 15.7 Å². The lowest BCUT2D eigenvalue weighted by molar-refractivity contribution is 0.156. The first kappa shape index (κ1) is 20.3. The van der Waals surface area contributed by atoms with Crippen LogP contribution in [0.25, 0.3) is 0 Å². The highest BCUT2D eigenvalue weighted by Crippen LogP contribution is 1.83. The van der Waals surface area contributed by atoms with Crippen LogP contribution in [0.2, 0.25) is 0 Å². The SMILES string of the molecule is CC.CC.COCCN(C)CCN(C)C. The maximum absolute atomic E-state index is 4.96. The molecule has 15 heavy (non-hydrogen) atoms. The van der Waals surface area contributed by atoms with E-state index < -0.39 is 0 Å². The number of rotatable bonds is 6. The summed E-state index contributed by atoms with van der Waals surface area (Å²) in [7, 11) is 8.02. The van der Waals surface area contributed by atoms with Crippen LogP contribution in [0.1, 0.15) is 27.7 Å². The van der Waals surface area contributed by atoms with Gasteiger partial charge in [0.05, 0.1) is 6.61 Å². The Bertz CT molecular complexity index is 87.7. The Balaban J connectivity index is -0.000000318. The quantitative estimate of drug-likeness (QED) is 0.682. The highest BCUT2D eigenvalue weighted by molar-refractivity contribution is 4.52. The van der Waals surface area contributed by atoms with Crippen molar-refractivity contribution in [3.8, 4) is 0 Å². The lowest BCUT2D eigenvalue weighted by Gasteiger charge is -2.18. The van der Waals surface area contributed by atoms with Crippen molar-refractivity contribution in [3.63, 3.8) is 0 Å². The van der Waals surface area contributed by atoms with E-state index in [2.05, 4.69) is 30.9 Å². The summed E-state index contributed by atoms with van der Waals surface area (Å²) in [6.45, 7) is 12.1. The van der Waals surface area contributed by atoms with Gasteiger partial charge in [-0.2, -0.15) is 0 Å². The summed E-state index contributed by atoms with van der Waals surface area (Å²) in [4.78, 5) is 4.45. The van der Waals surface area contributed by atoms with Crippen LogP contribution in [-0.4, -0.2) is 64.3 Å². The Morgan fingerprint density at radius 1 is 0.800 bits per heavy atom. The molecule has 0 bridgehead atoms. The molecule has 0 heterocycles. The van der Waals surface area contributed by atoms with Crippen LogP contribution in [0.4, 0.5) is 0 Å². The van der Waals surface area contributed by atoms with Crippen molar-refractivity contribution in [1.82, 2.24) is 9.80 Å². The summed E-state index contributed by atoms with van der Waals surface area (Å²) < 4.78 is 4.96. The van der Waals surface area contributed by atoms with Crippen LogP contribution in [0.3, 0.4) is 0 Å². The number of methoxy groups -OCH3 is 1. The van der Waals surface area contributed by atoms with Crippen molar-refractivity contribution in [3.05, 3.63) is 0 Å². The van der Waals surface area contributed by atoms with Crippen LogP contribution in [-0.2, 0) is 4.74 Å². The molecule has 3 heteroatoms. The molecule has 0 rings (SSSR count). The van der Waals surface area contributed by atoms with Gasteiger partial charge in [0.2, 0.25) is 0 Å². The molecule has 0 aliphatic heterocycles. The lowest BCUT2D eigenvalue weighted by Crippen LogP contribution is -2.30. The Morgan fingerprint density at radius 2 is 1.27 bits per heavy atom. The van der Waals surface area contributed by atoms with E-state index in [9.17, 15) is 0 Å². The van der Waals surface area contributed by atoms with E-state index in [1.54, 1.807) is 7.11 Å². The summed E-state index contributed by atoms with van der Waals surface area (Å²) in [6, 6.07) is 0. The molecule has 0 aliphatic rings. The van der Waals surface area contributed by atoms with Crippen molar-refractivity contribution in [2.75, 3.05) is 54.5 Å². The van der Waals surface area contributed by atoms with Gasteiger partial charge >= 0.3 is 0 Å². The molecule has 0 atom stereocenters. The summed E-state index contributed by atoms with van der Waals surface area (Å²) >= 11 is 0. The van der Waals surface area contributed by atoms with E-state index in [0.29, 0.717) is 0 Å². The fraction of sp³-hybridized carbons (Fsp3) is 1.00. The smallest absolute Gasteiger partial charge is 0.0589 e. The summed E-state index contributed by atoms with van der Waals surface area (Å²) in [5, 5.41) is 0. The number of nitrogens with zero attached hydrogens (tertiary/aromatic N) is 2. The van der Waals surface area contributed by atoms with Gasteiger partial charge in [-0.15, -0.1) is 0 Å². The van der Waals surface area contributed by atoms with Crippen molar-refractivity contribution in [2.45, 2.75) is 27.7 Å². The highest BCUT2D eigenvalue weighted by atomic mass is 16.5. The van der Waals surface area contributed by atoms with Gasteiger partial charge in [0.15, 0.2) is 0 Å². The third-order valence-corrected chi connectivity index (χ3v) is 1.61. The molecular weight excluding hydrogens is 188 g/mol. The molecule has 0 aromatic rings. The predicted molar refractivity (Wildman–Crippen MR) is 70.6 cm³/mol. The van der Waals surface area contributed by atoms with E-state index in [-0.39, 0.29) is 0 Å². The normalized spacial score (nSPS) is 9.20. The zero-order chi connectivity index (χ0) is 12.7. The van der Waals surface area contributed by atoms with Gasteiger partial charge in [0.1, 0.15) is 0 Å². The fourth-order valence-corrected chi connectivity index (χ4v) is 0.730. The number of likely N-dealkylation sites (N-methyl/N-ethyl adjacent to an activating group) is 2. The largest absolute Gasteiger partial charge is 0.383 e. The van der Waals surface area contributed by atoms with Gasteiger partial charge in [-0.25, -0.2) is 0 Å². The third kappa shape index (κ3) is 24.8. The highest BCUT2D eigenvalue weighted by Gasteiger charge is 1.97. The van der Waals surface area contributed by atoms with E-state index in [1.165, 1.54) is 0 Å². The lowest BCUT2D eigenvalue weighted by atomic mass is 10.5. The van der Waals surface area contributed by atoms with Gasteiger partial charge in [0.25, 0.3) is 0 Å².